The fraction of sp³-hybridized carbons (Fsp3) is 0.250. The van der Waals surface area contributed by atoms with Crippen LogP contribution in [0.5, 0.6) is 0 Å². The van der Waals surface area contributed by atoms with Crippen molar-refractivity contribution in [2.24, 2.45) is 7.05 Å². The largest absolute Gasteiger partial charge is 0.433 e. The molecule has 2 rings (SSSR count). The zero-order chi connectivity index (χ0) is 15.1. The number of aryl methyl sites for hydroxylation is 1. The summed E-state index contributed by atoms with van der Waals surface area (Å²) in [6.45, 7) is 1.67. The van der Waals surface area contributed by atoms with Crippen molar-refractivity contribution in [3.63, 3.8) is 0 Å². The van der Waals surface area contributed by atoms with Crippen LogP contribution in [-0.2, 0) is 13.2 Å². The minimum atomic E-state index is -4.60. The second-order valence-corrected chi connectivity index (χ2v) is 4.49. The van der Waals surface area contributed by atoms with Gasteiger partial charge in [-0.25, -0.2) is 4.98 Å². The van der Waals surface area contributed by atoms with Crippen LogP contribution in [0.3, 0.4) is 0 Å². The van der Waals surface area contributed by atoms with Gasteiger partial charge in [0.25, 0.3) is 0 Å². The zero-order valence-electron chi connectivity index (χ0n) is 10.5. The summed E-state index contributed by atoms with van der Waals surface area (Å²) >= 11 is 5.68. The van der Waals surface area contributed by atoms with Crippen molar-refractivity contribution in [3.05, 3.63) is 46.0 Å². The Balaban J connectivity index is 2.44. The van der Waals surface area contributed by atoms with Gasteiger partial charge in [-0.3, -0.25) is 9.48 Å². The summed E-state index contributed by atoms with van der Waals surface area (Å²) in [5.74, 6) is -0.512. The monoisotopic (exact) mass is 303 g/mol. The van der Waals surface area contributed by atoms with Crippen molar-refractivity contribution >= 4 is 17.4 Å². The van der Waals surface area contributed by atoms with Crippen LogP contribution < -0.4 is 0 Å². The van der Waals surface area contributed by atoms with E-state index >= 15 is 0 Å². The minimum absolute atomic E-state index is 0.0873. The Labute approximate surface area is 117 Å². The maximum absolute atomic E-state index is 12.5. The Hall–Kier alpha value is -1.89. The van der Waals surface area contributed by atoms with Crippen LogP contribution in [-0.4, -0.2) is 20.5 Å². The molecule has 0 amide bonds. The number of halogens is 4. The maximum atomic E-state index is 12.5. The van der Waals surface area contributed by atoms with Crippen LogP contribution in [0.25, 0.3) is 0 Å². The Kier molecular flexibility index (Phi) is 3.56. The number of rotatable bonds is 2. The standard InChI is InChI=1S/C12H9ClF3N3O/c1-6-8(5-17-19(6)2)10(20)7-3-4-9(12(14,15)16)18-11(7)13/h3-5H,1-2H3. The highest BCUT2D eigenvalue weighted by Gasteiger charge is 2.33. The number of aromatic nitrogens is 3. The number of hydrogen-bond donors (Lipinski definition) is 0. The Morgan fingerprint density at radius 2 is 1.95 bits per heavy atom. The molecule has 0 N–H and O–H groups in total. The second-order valence-electron chi connectivity index (χ2n) is 4.13. The molecular formula is C12H9ClF3N3O. The molecule has 2 aromatic heterocycles. The summed E-state index contributed by atoms with van der Waals surface area (Å²) < 4.78 is 38.9. The first-order valence-electron chi connectivity index (χ1n) is 5.49. The lowest BCUT2D eigenvalue weighted by molar-refractivity contribution is -0.141. The number of hydrogen-bond acceptors (Lipinski definition) is 3. The van der Waals surface area contributed by atoms with Gasteiger partial charge in [-0.15, -0.1) is 0 Å². The molecule has 0 saturated heterocycles. The number of carbonyl (C=O) groups is 1. The lowest BCUT2D eigenvalue weighted by atomic mass is 10.1. The van der Waals surface area contributed by atoms with Gasteiger partial charge in [0, 0.05) is 12.7 Å². The average molecular weight is 304 g/mol. The van der Waals surface area contributed by atoms with Gasteiger partial charge in [0.05, 0.1) is 17.3 Å². The number of pyridine rings is 1. The second kappa shape index (κ2) is 4.90. The van der Waals surface area contributed by atoms with Gasteiger partial charge >= 0.3 is 6.18 Å². The molecule has 20 heavy (non-hydrogen) atoms. The first-order chi connectivity index (χ1) is 9.21. The molecule has 0 aliphatic rings. The van der Waals surface area contributed by atoms with E-state index in [-0.39, 0.29) is 11.1 Å². The van der Waals surface area contributed by atoms with Gasteiger partial charge in [-0.1, -0.05) is 11.6 Å². The first kappa shape index (κ1) is 14.5. The van der Waals surface area contributed by atoms with Gasteiger partial charge in [-0.2, -0.15) is 18.3 Å². The van der Waals surface area contributed by atoms with Gasteiger partial charge in [0.2, 0.25) is 0 Å². The van der Waals surface area contributed by atoms with Crippen LogP contribution in [0, 0.1) is 6.92 Å². The number of ketones is 1. The van der Waals surface area contributed by atoms with E-state index < -0.39 is 22.8 Å². The smallest absolute Gasteiger partial charge is 0.288 e. The Bertz CT molecular complexity index is 679. The van der Waals surface area contributed by atoms with Crippen LogP contribution in [0.4, 0.5) is 13.2 Å². The van der Waals surface area contributed by atoms with E-state index in [1.165, 1.54) is 10.9 Å². The van der Waals surface area contributed by atoms with Gasteiger partial charge in [-0.05, 0) is 19.1 Å². The Morgan fingerprint density at radius 1 is 1.30 bits per heavy atom. The van der Waals surface area contributed by atoms with Crippen molar-refractivity contribution in [3.8, 4) is 0 Å². The fourth-order valence-corrected chi connectivity index (χ4v) is 1.87. The molecular weight excluding hydrogens is 295 g/mol. The van der Waals surface area contributed by atoms with Crippen LogP contribution in [0.1, 0.15) is 27.3 Å². The maximum Gasteiger partial charge on any atom is 0.433 e. The molecule has 0 unspecified atom stereocenters. The summed E-state index contributed by atoms with van der Waals surface area (Å²) in [6, 6.07) is 1.75. The van der Waals surface area contributed by atoms with Crippen LogP contribution in [0.2, 0.25) is 5.15 Å². The minimum Gasteiger partial charge on any atom is -0.288 e. The predicted octanol–water partition coefficient (Wildman–Crippen LogP) is 3.03. The third kappa shape index (κ3) is 2.53. The molecule has 0 atom stereocenters. The molecule has 8 heteroatoms. The highest BCUT2D eigenvalue weighted by molar-refractivity contribution is 6.33. The summed E-state index contributed by atoms with van der Waals surface area (Å²) in [4.78, 5) is 15.4. The molecule has 0 aliphatic carbocycles. The molecule has 0 saturated carbocycles. The molecule has 2 heterocycles. The highest BCUT2D eigenvalue weighted by Crippen LogP contribution is 2.30. The summed E-state index contributed by atoms with van der Waals surface area (Å²) in [5, 5.41) is 3.42. The van der Waals surface area contributed by atoms with E-state index in [2.05, 4.69) is 10.1 Å². The molecule has 0 aromatic carbocycles. The van der Waals surface area contributed by atoms with Crippen molar-refractivity contribution in [2.45, 2.75) is 13.1 Å². The number of carbonyl (C=O) groups excluding carboxylic acids is 1. The highest BCUT2D eigenvalue weighted by atomic mass is 35.5. The molecule has 0 aliphatic heterocycles. The van der Waals surface area contributed by atoms with E-state index in [0.29, 0.717) is 5.69 Å². The van der Waals surface area contributed by atoms with Crippen molar-refractivity contribution < 1.29 is 18.0 Å². The molecule has 4 nitrogen and oxygen atoms in total. The topological polar surface area (TPSA) is 47.8 Å². The predicted molar refractivity (Wildman–Crippen MR) is 65.6 cm³/mol. The van der Waals surface area contributed by atoms with E-state index in [4.69, 9.17) is 11.6 Å². The number of alkyl halides is 3. The van der Waals surface area contributed by atoms with Crippen molar-refractivity contribution in [1.29, 1.82) is 0 Å². The van der Waals surface area contributed by atoms with Crippen LogP contribution in [0.15, 0.2) is 18.3 Å². The molecule has 0 spiro atoms. The average Bonchev–Trinajstić information content (AvgIpc) is 2.68. The zero-order valence-corrected chi connectivity index (χ0v) is 11.2. The summed E-state index contributed by atoms with van der Waals surface area (Å²) in [5.41, 5.74) is -0.361. The lowest BCUT2D eigenvalue weighted by Crippen LogP contribution is -2.11. The SMILES string of the molecule is Cc1c(C(=O)c2ccc(C(F)(F)F)nc2Cl)cnn1C. The molecule has 0 bridgehead atoms. The fourth-order valence-electron chi connectivity index (χ4n) is 1.63. The van der Waals surface area contributed by atoms with E-state index in [0.717, 1.165) is 12.1 Å². The van der Waals surface area contributed by atoms with Gasteiger partial charge in [0.1, 0.15) is 10.8 Å². The molecule has 0 radical (unpaired) electrons. The third-order valence-corrected chi connectivity index (χ3v) is 3.15. The molecule has 0 fully saturated rings. The summed E-state index contributed by atoms with van der Waals surface area (Å²) in [7, 11) is 1.65. The number of nitrogens with zero attached hydrogens (tertiary/aromatic N) is 3. The quantitative estimate of drug-likeness (QED) is 0.633. The molecule has 2 aromatic rings. The van der Waals surface area contributed by atoms with E-state index in [1.54, 1.807) is 14.0 Å². The van der Waals surface area contributed by atoms with Crippen molar-refractivity contribution in [2.75, 3.05) is 0 Å². The van der Waals surface area contributed by atoms with E-state index in [1.807, 2.05) is 0 Å². The van der Waals surface area contributed by atoms with Gasteiger partial charge < -0.3 is 0 Å². The first-order valence-corrected chi connectivity index (χ1v) is 5.86. The Morgan fingerprint density at radius 3 is 2.40 bits per heavy atom. The third-order valence-electron chi connectivity index (χ3n) is 2.86. The normalized spacial score (nSPS) is 11.7. The van der Waals surface area contributed by atoms with Crippen molar-refractivity contribution in [1.82, 2.24) is 14.8 Å². The molecule has 106 valence electrons. The summed E-state index contributed by atoms with van der Waals surface area (Å²) in [6.07, 6.45) is -3.26. The van der Waals surface area contributed by atoms with Gasteiger partial charge in [0.15, 0.2) is 5.78 Å². The van der Waals surface area contributed by atoms with E-state index in [9.17, 15) is 18.0 Å². The van der Waals surface area contributed by atoms with Crippen LogP contribution >= 0.6 is 11.6 Å². The lowest BCUT2D eigenvalue weighted by Gasteiger charge is -2.08.